The van der Waals surface area contributed by atoms with Gasteiger partial charge in [-0.25, -0.2) is 4.39 Å². The highest BCUT2D eigenvalue weighted by Gasteiger charge is 2.06. The number of halogens is 1. The van der Waals surface area contributed by atoms with E-state index < -0.39 is 0 Å². The van der Waals surface area contributed by atoms with Crippen LogP contribution in [0.4, 0.5) is 10.1 Å². The average molecular weight is 237 g/mol. The quantitative estimate of drug-likeness (QED) is 0.630. The third-order valence-corrected chi connectivity index (χ3v) is 3.11. The van der Waals surface area contributed by atoms with Crippen molar-refractivity contribution >= 4 is 16.5 Å². The summed E-state index contributed by atoms with van der Waals surface area (Å²) >= 11 is 0. The van der Waals surface area contributed by atoms with Crippen molar-refractivity contribution in [3.63, 3.8) is 0 Å². The summed E-state index contributed by atoms with van der Waals surface area (Å²) in [5.41, 5.74) is 7.66. The van der Waals surface area contributed by atoms with E-state index in [2.05, 4.69) is 0 Å². The Morgan fingerprint density at radius 3 is 2.39 bits per heavy atom. The Morgan fingerprint density at radius 2 is 1.56 bits per heavy atom. The first-order chi connectivity index (χ1) is 8.75. The van der Waals surface area contributed by atoms with Crippen molar-refractivity contribution in [2.75, 3.05) is 5.73 Å². The number of hydrogen-bond acceptors (Lipinski definition) is 1. The maximum Gasteiger partial charge on any atom is 0.146 e. The molecule has 0 radical (unpaired) electrons. The maximum atomic E-state index is 13.5. The molecule has 0 saturated carbocycles. The second-order valence-electron chi connectivity index (χ2n) is 4.26. The molecule has 1 nitrogen and oxygen atoms in total. The minimum atomic E-state index is -0.374. The van der Waals surface area contributed by atoms with Gasteiger partial charge in [0.05, 0.1) is 5.69 Å². The molecule has 88 valence electrons. The van der Waals surface area contributed by atoms with Gasteiger partial charge in [-0.15, -0.1) is 0 Å². The number of fused-ring (bicyclic) bond motifs is 1. The van der Waals surface area contributed by atoms with Gasteiger partial charge in [0, 0.05) is 5.56 Å². The van der Waals surface area contributed by atoms with Crippen LogP contribution in [0.3, 0.4) is 0 Å². The van der Waals surface area contributed by atoms with Gasteiger partial charge in [-0.3, -0.25) is 0 Å². The third-order valence-electron chi connectivity index (χ3n) is 3.11. The number of hydrogen-bond donors (Lipinski definition) is 1. The highest BCUT2D eigenvalue weighted by molar-refractivity contribution is 5.89. The molecule has 2 N–H and O–H groups in total. The summed E-state index contributed by atoms with van der Waals surface area (Å²) in [6.07, 6.45) is 0. The zero-order valence-corrected chi connectivity index (χ0v) is 9.73. The highest BCUT2D eigenvalue weighted by atomic mass is 19.1. The fourth-order valence-corrected chi connectivity index (χ4v) is 2.15. The van der Waals surface area contributed by atoms with E-state index in [0.717, 1.165) is 21.9 Å². The summed E-state index contributed by atoms with van der Waals surface area (Å²) in [6, 6.07) is 19.0. The number of para-hydroxylation sites is 1. The molecule has 3 aromatic rings. The summed E-state index contributed by atoms with van der Waals surface area (Å²) in [5.74, 6) is -0.374. The molecular formula is C16H12FN. The van der Waals surface area contributed by atoms with Gasteiger partial charge in [0.25, 0.3) is 0 Å². The Balaban J connectivity index is 2.22. The van der Waals surface area contributed by atoms with E-state index in [4.69, 9.17) is 5.73 Å². The van der Waals surface area contributed by atoms with Gasteiger partial charge in [0.1, 0.15) is 5.82 Å². The van der Waals surface area contributed by atoms with E-state index in [1.807, 2.05) is 48.5 Å². The SMILES string of the molecule is Nc1c(F)cccc1-c1ccc2ccccc2c1. The molecule has 0 unspecified atom stereocenters. The van der Waals surface area contributed by atoms with Crippen molar-refractivity contribution in [2.45, 2.75) is 0 Å². The van der Waals surface area contributed by atoms with Crippen LogP contribution in [0.5, 0.6) is 0 Å². The minimum absolute atomic E-state index is 0.202. The zero-order chi connectivity index (χ0) is 12.5. The van der Waals surface area contributed by atoms with Crippen LogP contribution in [-0.2, 0) is 0 Å². The van der Waals surface area contributed by atoms with Crippen molar-refractivity contribution in [2.24, 2.45) is 0 Å². The van der Waals surface area contributed by atoms with Crippen molar-refractivity contribution in [1.82, 2.24) is 0 Å². The lowest BCUT2D eigenvalue weighted by molar-refractivity contribution is 0.633. The van der Waals surface area contributed by atoms with Crippen molar-refractivity contribution in [3.8, 4) is 11.1 Å². The van der Waals surface area contributed by atoms with E-state index in [9.17, 15) is 4.39 Å². The van der Waals surface area contributed by atoms with Gasteiger partial charge in [0.2, 0.25) is 0 Å². The molecule has 0 aromatic heterocycles. The van der Waals surface area contributed by atoms with Gasteiger partial charge >= 0.3 is 0 Å². The van der Waals surface area contributed by atoms with E-state index in [1.165, 1.54) is 6.07 Å². The van der Waals surface area contributed by atoms with Crippen LogP contribution in [0.2, 0.25) is 0 Å². The van der Waals surface area contributed by atoms with Crippen LogP contribution in [0.15, 0.2) is 60.7 Å². The van der Waals surface area contributed by atoms with Crippen molar-refractivity contribution in [1.29, 1.82) is 0 Å². The molecule has 2 heteroatoms. The monoisotopic (exact) mass is 237 g/mol. The number of rotatable bonds is 1. The predicted molar refractivity (Wildman–Crippen MR) is 73.8 cm³/mol. The number of nitrogen functional groups attached to an aromatic ring is 1. The molecule has 18 heavy (non-hydrogen) atoms. The van der Waals surface area contributed by atoms with Crippen LogP contribution in [0.1, 0.15) is 0 Å². The molecule has 0 atom stereocenters. The van der Waals surface area contributed by atoms with Crippen molar-refractivity contribution in [3.05, 3.63) is 66.5 Å². The summed E-state index contributed by atoms with van der Waals surface area (Å²) in [7, 11) is 0. The lowest BCUT2D eigenvalue weighted by atomic mass is 10.00. The van der Waals surface area contributed by atoms with Crippen LogP contribution in [0.25, 0.3) is 21.9 Å². The first-order valence-corrected chi connectivity index (χ1v) is 5.79. The second-order valence-corrected chi connectivity index (χ2v) is 4.26. The van der Waals surface area contributed by atoms with Gasteiger partial charge in [0.15, 0.2) is 0 Å². The van der Waals surface area contributed by atoms with E-state index in [1.54, 1.807) is 6.07 Å². The molecule has 0 spiro atoms. The summed E-state index contributed by atoms with van der Waals surface area (Å²) < 4.78 is 13.5. The second kappa shape index (κ2) is 4.15. The summed E-state index contributed by atoms with van der Waals surface area (Å²) in [6.45, 7) is 0. The molecule has 0 fully saturated rings. The zero-order valence-electron chi connectivity index (χ0n) is 9.73. The highest BCUT2D eigenvalue weighted by Crippen LogP contribution is 2.30. The number of anilines is 1. The Labute approximate surface area is 105 Å². The van der Waals surface area contributed by atoms with Crippen LogP contribution < -0.4 is 5.73 Å². The molecule has 0 saturated heterocycles. The Morgan fingerprint density at radius 1 is 0.778 bits per heavy atom. The summed E-state index contributed by atoms with van der Waals surface area (Å²) in [5, 5.41) is 2.29. The molecule has 0 bridgehead atoms. The Hall–Kier alpha value is -2.35. The lowest BCUT2D eigenvalue weighted by Crippen LogP contribution is -1.93. The van der Waals surface area contributed by atoms with Gasteiger partial charge in [-0.1, -0.05) is 48.5 Å². The number of nitrogens with two attached hydrogens (primary N) is 1. The number of benzene rings is 3. The minimum Gasteiger partial charge on any atom is -0.396 e. The first kappa shape index (κ1) is 10.8. The molecule has 0 aliphatic carbocycles. The molecule has 0 amide bonds. The molecule has 3 aromatic carbocycles. The summed E-state index contributed by atoms with van der Waals surface area (Å²) in [4.78, 5) is 0. The van der Waals surface area contributed by atoms with Crippen LogP contribution >= 0.6 is 0 Å². The molecule has 0 aliphatic heterocycles. The predicted octanol–water partition coefficient (Wildman–Crippen LogP) is 4.23. The molecular weight excluding hydrogens is 225 g/mol. The van der Waals surface area contributed by atoms with E-state index >= 15 is 0 Å². The lowest BCUT2D eigenvalue weighted by Gasteiger charge is -2.07. The Kier molecular flexibility index (Phi) is 2.49. The third kappa shape index (κ3) is 1.72. The van der Waals surface area contributed by atoms with Gasteiger partial charge < -0.3 is 5.73 Å². The standard InChI is InChI=1S/C16H12FN/c17-15-7-3-6-14(16(15)18)13-9-8-11-4-1-2-5-12(11)10-13/h1-10H,18H2. The van der Waals surface area contributed by atoms with E-state index in [-0.39, 0.29) is 11.5 Å². The maximum absolute atomic E-state index is 13.5. The normalized spacial score (nSPS) is 10.7. The molecule has 3 rings (SSSR count). The fourth-order valence-electron chi connectivity index (χ4n) is 2.15. The molecule has 0 heterocycles. The van der Waals surface area contributed by atoms with Crippen LogP contribution in [-0.4, -0.2) is 0 Å². The van der Waals surface area contributed by atoms with Crippen molar-refractivity contribution < 1.29 is 4.39 Å². The first-order valence-electron chi connectivity index (χ1n) is 5.79. The molecule has 0 aliphatic rings. The fraction of sp³-hybridized carbons (Fsp3) is 0. The van der Waals surface area contributed by atoms with Gasteiger partial charge in [-0.05, 0) is 28.5 Å². The average Bonchev–Trinajstić information content (AvgIpc) is 2.41. The van der Waals surface area contributed by atoms with Gasteiger partial charge in [-0.2, -0.15) is 0 Å². The topological polar surface area (TPSA) is 26.0 Å². The largest absolute Gasteiger partial charge is 0.396 e. The Bertz CT molecular complexity index is 719. The smallest absolute Gasteiger partial charge is 0.146 e. The van der Waals surface area contributed by atoms with Crippen LogP contribution in [0, 0.1) is 5.82 Å². The van der Waals surface area contributed by atoms with E-state index in [0.29, 0.717) is 0 Å².